The van der Waals surface area contributed by atoms with E-state index in [2.05, 4.69) is 18.7 Å². The predicted molar refractivity (Wildman–Crippen MR) is 61.5 cm³/mol. The summed E-state index contributed by atoms with van der Waals surface area (Å²) in [5, 5.41) is 0. The Bertz CT molecular complexity index is 311. The monoisotopic (exact) mass is 209 g/mol. The van der Waals surface area contributed by atoms with Crippen LogP contribution in [0.3, 0.4) is 0 Å². The van der Waals surface area contributed by atoms with E-state index < -0.39 is 0 Å². The van der Waals surface area contributed by atoms with Crippen molar-refractivity contribution in [3.8, 4) is 0 Å². The Labute approximate surface area is 91.1 Å². The molecule has 1 heterocycles. The highest BCUT2D eigenvalue weighted by molar-refractivity contribution is 5.91. The first-order valence-corrected chi connectivity index (χ1v) is 5.54. The summed E-state index contributed by atoms with van der Waals surface area (Å²) in [5.41, 5.74) is 0. The molecule has 1 aromatic rings. The zero-order valence-corrected chi connectivity index (χ0v) is 9.75. The lowest BCUT2D eigenvalue weighted by atomic mass is 10.3. The molecular formula is C12H19NO2. The lowest BCUT2D eigenvalue weighted by molar-refractivity contribution is 0.0988. The molecule has 0 atom stereocenters. The van der Waals surface area contributed by atoms with E-state index in [4.69, 9.17) is 4.42 Å². The Morgan fingerprint density at radius 2 is 1.87 bits per heavy atom. The molecule has 84 valence electrons. The van der Waals surface area contributed by atoms with Gasteiger partial charge in [0, 0.05) is 26.1 Å². The van der Waals surface area contributed by atoms with Crippen molar-refractivity contribution in [1.29, 1.82) is 0 Å². The van der Waals surface area contributed by atoms with Gasteiger partial charge in [0.1, 0.15) is 0 Å². The lowest BCUT2D eigenvalue weighted by Crippen LogP contribution is -2.24. The van der Waals surface area contributed by atoms with Crippen LogP contribution in [-0.2, 0) is 0 Å². The Balaban J connectivity index is 2.76. The van der Waals surface area contributed by atoms with Gasteiger partial charge in [-0.1, -0.05) is 13.8 Å². The van der Waals surface area contributed by atoms with E-state index in [0.717, 1.165) is 31.8 Å². The first-order chi connectivity index (χ1) is 7.19. The molecule has 0 bridgehead atoms. The van der Waals surface area contributed by atoms with Crippen LogP contribution >= 0.6 is 0 Å². The van der Waals surface area contributed by atoms with E-state index >= 15 is 0 Å². The number of carbonyl (C=O) groups excluding carboxylic acids is 1. The van der Waals surface area contributed by atoms with Gasteiger partial charge in [0.25, 0.3) is 0 Å². The van der Waals surface area contributed by atoms with Crippen LogP contribution in [0.15, 0.2) is 16.5 Å². The minimum atomic E-state index is -0.0193. The Hall–Kier alpha value is -1.25. The molecule has 0 aromatic carbocycles. The van der Waals surface area contributed by atoms with E-state index in [1.807, 2.05) is 6.07 Å². The van der Waals surface area contributed by atoms with Crippen LogP contribution in [0.1, 0.15) is 44.2 Å². The molecule has 0 radical (unpaired) electrons. The number of hydrogen-bond acceptors (Lipinski definition) is 3. The Kier molecular flexibility index (Phi) is 4.40. The predicted octanol–water partition coefficient (Wildman–Crippen LogP) is 3.11. The molecule has 0 N–H and O–H groups in total. The molecule has 0 aliphatic rings. The maximum absolute atomic E-state index is 11.1. The molecule has 3 nitrogen and oxygen atoms in total. The van der Waals surface area contributed by atoms with E-state index in [1.165, 1.54) is 6.92 Å². The summed E-state index contributed by atoms with van der Waals surface area (Å²) in [5.74, 6) is 1.24. The molecule has 0 aliphatic carbocycles. The molecule has 0 amide bonds. The highest BCUT2D eigenvalue weighted by Crippen LogP contribution is 2.19. The standard InChI is InChI=1S/C12H19NO2/c1-4-8-13(9-5-2)12-7-6-11(15-12)10(3)14/h6-7H,4-5,8-9H2,1-3H3. The quantitative estimate of drug-likeness (QED) is 0.675. The minimum Gasteiger partial charge on any atom is -0.437 e. The summed E-state index contributed by atoms with van der Waals surface area (Å²) < 4.78 is 5.49. The largest absolute Gasteiger partial charge is 0.437 e. The number of ketones is 1. The first-order valence-electron chi connectivity index (χ1n) is 5.54. The fraction of sp³-hybridized carbons (Fsp3) is 0.583. The summed E-state index contributed by atoms with van der Waals surface area (Å²) in [6.07, 6.45) is 2.16. The van der Waals surface area contributed by atoms with Crippen molar-refractivity contribution < 1.29 is 9.21 Å². The van der Waals surface area contributed by atoms with Crippen LogP contribution in [0.25, 0.3) is 0 Å². The molecule has 15 heavy (non-hydrogen) atoms. The first kappa shape index (κ1) is 11.8. The van der Waals surface area contributed by atoms with Crippen molar-refractivity contribution >= 4 is 11.7 Å². The van der Waals surface area contributed by atoms with E-state index in [9.17, 15) is 4.79 Å². The van der Waals surface area contributed by atoms with Gasteiger partial charge in [0.2, 0.25) is 0 Å². The molecule has 1 aromatic heterocycles. The topological polar surface area (TPSA) is 33.5 Å². The van der Waals surface area contributed by atoms with Gasteiger partial charge in [-0.3, -0.25) is 4.79 Å². The van der Waals surface area contributed by atoms with Crippen LogP contribution in [0, 0.1) is 0 Å². The third-order valence-electron chi connectivity index (χ3n) is 2.24. The number of anilines is 1. The van der Waals surface area contributed by atoms with Gasteiger partial charge in [-0.2, -0.15) is 0 Å². The van der Waals surface area contributed by atoms with Crippen molar-refractivity contribution in [3.63, 3.8) is 0 Å². The zero-order chi connectivity index (χ0) is 11.3. The minimum absolute atomic E-state index is 0.0193. The SMILES string of the molecule is CCCN(CCC)c1ccc(C(C)=O)o1. The normalized spacial score (nSPS) is 10.3. The second kappa shape index (κ2) is 5.59. The summed E-state index contributed by atoms with van der Waals surface area (Å²) in [6, 6.07) is 3.62. The summed E-state index contributed by atoms with van der Waals surface area (Å²) in [4.78, 5) is 13.3. The molecule has 0 aliphatic heterocycles. The van der Waals surface area contributed by atoms with Crippen LogP contribution in [-0.4, -0.2) is 18.9 Å². The van der Waals surface area contributed by atoms with Crippen molar-refractivity contribution in [2.75, 3.05) is 18.0 Å². The smallest absolute Gasteiger partial charge is 0.196 e. The maximum atomic E-state index is 11.1. The van der Waals surface area contributed by atoms with E-state index in [0.29, 0.717) is 5.76 Å². The van der Waals surface area contributed by atoms with E-state index in [-0.39, 0.29) is 5.78 Å². The van der Waals surface area contributed by atoms with Gasteiger partial charge in [0.05, 0.1) is 0 Å². The average molecular weight is 209 g/mol. The molecule has 0 fully saturated rings. The summed E-state index contributed by atoms with van der Waals surface area (Å²) >= 11 is 0. The van der Waals surface area contributed by atoms with Crippen molar-refractivity contribution in [3.05, 3.63) is 17.9 Å². The third-order valence-corrected chi connectivity index (χ3v) is 2.24. The highest BCUT2D eigenvalue weighted by Gasteiger charge is 2.11. The number of nitrogens with zero attached hydrogens (tertiary/aromatic N) is 1. The molecule has 0 saturated heterocycles. The Morgan fingerprint density at radius 3 is 2.27 bits per heavy atom. The molecule has 1 rings (SSSR count). The van der Waals surface area contributed by atoms with Gasteiger partial charge < -0.3 is 9.32 Å². The molecule has 0 saturated carbocycles. The molecule has 3 heteroatoms. The molecule has 0 spiro atoms. The second-order valence-electron chi connectivity index (χ2n) is 3.68. The average Bonchev–Trinajstić information content (AvgIpc) is 2.66. The fourth-order valence-corrected chi connectivity index (χ4v) is 1.56. The Morgan fingerprint density at radius 1 is 1.27 bits per heavy atom. The van der Waals surface area contributed by atoms with Gasteiger partial charge in [-0.05, 0) is 18.9 Å². The van der Waals surface area contributed by atoms with Crippen LogP contribution in [0.2, 0.25) is 0 Å². The number of rotatable bonds is 6. The van der Waals surface area contributed by atoms with Crippen molar-refractivity contribution in [2.45, 2.75) is 33.6 Å². The van der Waals surface area contributed by atoms with Crippen LogP contribution in [0.4, 0.5) is 5.88 Å². The van der Waals surface area contributed by atoms with Crippen molar-refractivity contribution in [1.82, 2.24) is 0 Å². The number of furan rings is 1. The molecular weight excluding hydrogens is 190 g/mol. The van der Waals surface area contributed by atoms with E-state index in [1.54, 1.807) is 6.07 Å². The number of hydrogen-bond donors (Lipinski definition) is 0. The van der Waals surface area contributed by atoms with Gasteiger partial charge in [0.15, 0.2) is 17.4 Å². The zero-order valence-electron chi connectivity index (χ0n) is 9.75. The van der Waals surface area contributed by atoms with Gasteiger partial charge in [-0.15, -0.1) is 0 Å². The second-order valence-corrected chi connectivity index (χ2v) is 3.68. The van der Waals surface area contributed by atoms with Crippen LogP contribution in [0.5, 0.6) is 0 Å². The fourth-order valence-electron chi connectivity index (χ4n) is 1.56. The molecule has 0 unspecified atom stereocenters. The summed E-state index contributed by atoms with van der Waals surface area (Å²) in [7, 11) is 0. The summed E-state index contributed by atoms with van der Waals surface area (Å²) in [6.45, 7) is 7.74. The number of Topliss-reactive ketones (excluding diaryl/α,β-unsaturated/α-hetero) is 1. The lowest BCUT2D eigenvalue weighted by Gasteiger charge is -2.20. The van der Waals surface area contributed by atoms with Gasteiger partial charge >= 0.3 is 0 Å². The maximum Gasteiger partial charge on any atom is 0.196 e. The third kappa shape index (κ3) is 3.11. The van der Waals surface area contributed by atoms with Crippen LogP contribution < -0.4 is 4.90 Å². The number of carbonyl (C=O) groups is 1. The van der Waals surface area contributed by atoms with Crippen molar-refractivity contribution in [2.24, 2.45) is 0 Å². The van der Waals surface area contributed by atoms with Gasteiger partial charge in [-0.25, -0.2) is 0 Å². The highest BCUT2D eigenvalue weighted by atomic mass is 16.4.